The van der Waals surface area contributed by atoms with Crippen LogP contribution in [0.4, 0.5) is 5.69 Å². The molecule has 3 aliphatic heterocycles. The van der Waals surface area contributed by atoms with E-state index in [4.69, 9.17) is 4.74 Å². The number of halogens is 1. The average Bonchev–Trinajstić information content (AvgIpc) is 3.40. The molecule has 2 atom stereocenters. The predicted octanol–water partition coefficient (Wildman–Crippen LogP) is 1.34. The summed E-state index contributed by atoms with van der Waals surface area (Å²) in [7, 11) is 0. The van der Waals surface area contributed by atoms with E-state index in [1.807, 2.05) is 66.0 Å². The maximum absolute atomic E-state index is 13.4. The van der Waals surface area contributed by atoms with Crippen LogP contribution >= 0.6 is 11.3 Å². The normalized spacial score (nSPS) is 24.0. The molecular weight excluding hydrogens is 514 g/mol. The van der Waals surface area contributed by atoms with Gasteiger partial charge in [0.05, 0.1) is 13.1 Å². The summed E-state index contributed by atoms with van der Waals surface area (Å²) in [6.07, 6.45) is 3.46. The average molecular weight is 542 g/mol. The number of carbonyl (C=O) groups is 2. The van der Waals surface area contributed by atoms with Crippen molar-refractivity contribution in [1.29, 1.82) is 0 Å². The number of hydrogen-bond acceptors (Lipinski definition) is 6. The lowest BCUT2D eigenvalue weighted by atomic mass is 9.83. The number of hydrogen-bond donors (Lipinski definition) is 1. The van der Waals surface area contributed by atoms with Crippen LogP contribution < -0.4 is 22.3 Å². The van der Waals surface area contributed by atoms with Crippen LogP contribution in [-0.2, 0) is 9.53 Å². The molecule has 8 heteroatoms. The molecule has 1 unspecified atom stereocenters. The lowest BCUT2D eigenvalue weighted by Gasteiger charge is -2.51. The molecule has 4 heterocycles. The number of Topliss-reactive ketones (excluding diaryl/α,β-unsaturated/α-hetero) is 1. The van der Waals surface area contributed by atoms with Crippen molar-refractivity contribution in [1.82, 2.24) is 4.98 Å². The Labute approximate surface area is 214 Å². The van der Waals surface area contributed by atoms with Gasteiger partial charge in [-0.3, -0.25) is 4.79 Å². The van der Waals surface area contributed by atoms with E-state index in [-0.39, 0.29) is 34.8 Å². The van der Waals surface area contributed by atoms with Gasteiger partial charge in [0.1, 0.15) is 13.1 Å². The number of thiazole rings is 1. The summed E-state index contributed by atoms with van der Waals surface area (Å²) in [6, 6.07) is 18.8. The largest absolute Gasteiger partial charge is 1.00 e. The molecule has 178 valence electrons. The molecule has 3 fully saturated rings. The second kappa shape index (κ2) is 10.8. The number of ether oxygens (including phenoxy) is 1. The van der Waals surface area contributed by atoms with Crippen LogP contribution in [-0.4, -0.2) is 53.5 Å². The van der Waals surface area contributed by atoms with Crippen LogP contribution in [0.2, 0.25) is 0 Å². The topological polar surface area (TPSA) is 68.3 Å². The number of nitrogens with zero attached hydrogens (tertiary/aromatic N) is 2. The lowest BCUT2D eigenvalue weighted by molar-refractivity contribution is -0.938. The summed E-state index contributed by atoms with van der Waals surface area (Å²) in [4.78, 5) is 30.4. The Hall–Kier alpha value is -2.55. The van der Waals surface area contributed by atoms with Gasteiger partial charge in [0, 0.05) is 36.0 Å². The van der Waals surface area contributed by atoms with E-state index >= 15 is 0 Å². The summed E-state index contributed by atoms with van der Waals surface area (Å²) in [5.41, 5.74) is 1.74. The number of ketones is 1. The molecule has 0 saturated carbocycles. The van der Waals surface area contributed by atoms with Crippen LogP contribution in [0.3, 0.4) is 0 Å². The Kier molecular flexibility index (Phi) is 7.80. The van der Waals surface area contributed by atoms with Gasteiger partial charge in [0.15, 0.2) is 17.2 Å². The van der Waals surface area contributed by atoms with Crippen molar-refractivity contribution in [3.05, 3.63) is 82.8 Å². The van der Waals surface area contributed by atoms with Crippen molar-refractivity contribution < 1.29 is 35.8 Å². The first-order valence-corrected chi connectivity index (χ1v) is 12.3. The van der Waals surface area contributed by atoms with Crippen LogP contribution in [0.15, 0.2) is 72.2 Å². The van der Waals surface area contributed by atoms with Gasteiger partial charge in [0.2, 0.25) is 5.78 Å². The number of carbonyl (C=O) groups excluding carboxylic acids is 2. The molecule has 1 aromatic heterocycles. The molecule has 0 spiro atoms. The van der Waals surface area contributed by atoms with Crippen LogP contribution in [0.5, 0.6) is 0 Å². The zero-order valence-electron chi connectivity index (χ0n) is 18.8. The number of fused-ring (bicyclic) bond motifs is 3. The summed E-state index contributed by atoms with van der Waals surface area (Å²) in [5.74, 6) is 0.175. The molecular formula is C26H28BrN3O3S. The number of aromatic nitrogens is 1. The fraction of sp³-hybridized carbons (Fsp3) is 0.346. The highest BCUT2D eigenvalue weighted by Gasteiger charge is 2.49. The third-order valence-electron chi connectivity index (χ3n) is 6.91. The first-order valence-electron chi connectivity index (χ1n) is 11.5. The minimum atomic E-state index is -0.588. The first-order chi connectivity index (χ1) is 16.1. The summed E-state index contributed by atoms with van der Waals surface area (Å²) in [6.45, 7) is 3.04. The molecule has 0 amide bonds. The van der Waals surface area contributed by atoms with E-state index in [1.165, 1.54) is 11.3 Å². The maximum Gasteiger partial charge on any atom is 0.333 e. The highest BCUT2D eigenvalue weighted by atomic mass is 79.9. The molecule has 34 heavy (non-hydrogen) atoms. The minimum Gasteiger partial charge on any atom is -1.00 e. The second-order valence-corrected chi connectivity index (χ2v) is 9.95. The Balaban J connectivity index is 0.00000274. The van der Waals surface area contributed by atoms with Gasteiger partial charge in [-0.2, -0.15) is 0 Å². The van der Waals surface area contributed by atoms with Crippen molar-refractivity contribution in [2.45, 2.75) is 25.0 Å². The van der Waals surface area contributed by atoms with Gasteiger partial charge in [-0.1, -0.05) is 48.5 Å². The van der Waals surface area contributed by atoms with E-state index in [9.17, 15) is 9.59 Å². The van der Waals surface area contributed by atoms with Crippen molar-refractivity contribution >= 4 is 28.8 Å². The van der Waals surface area contributed by atoms with E-state index in [1.54, 1.807) is 6.20 Å². The zero-order chi connectivity index (χ0) is 22.7. The van der Waals surface area contributed by atoms with E-state index in [0.29, 0.717) is 28.5 Å². The molecule has 6 rings (SSSR count). The number of rotatable bonds is 8. The third kappa shape index (κ3) is 5.40. The Morgan fingerprint density at radius 3 is 2.38 bits per heavy atom. The van der Waals surface area contributed by atoms with Gasteiger partial charge in [-0.05, 0) is 17.7 Å². The predicted molar refractivity (Wildman–Crippen MR) is 128 cm³/mol. The maximum atomic E-state index is 13.4. The smallest absolute Gasteiger partial charge is 0.333 e. The second-order valence-electron chi connectivity index (χ2n) is 9.06. The Morgan fingerprint density at radius 2 is 1.74 bits per heavy atom. The SMILES string of the molecule is O=C(C[N+]12CCC(CC1)[C@@H](OC(=O)C(Nc1ccccc1)c1ccccc1)C2)c1nccs1.[Br-]. The van der Waals surface area contributed by atoms with Crippen molar-refractivity contribution in [2.75, 3.05) is 31.5 Å². The molecule has 0 radical (unpaired) electrons. The van der Waals surface area contributed by atoms with E-state index < -0.39 is 6.04 Å². The number of anilines is 1. The molecule has 3 aromatic rings. The van der Waals surface area contributed by atoms with Gasteiger partial charge in [-0.25, -0.2) is 9.78 Å². The molecule has 0 aliphatic carbocycles. The minimum absolute atomic E-state index is 0. The van der Waals surface area contributed by atoms with Gasteiger partial charge >= 0.3 is 5.97 Å². The Morgan fingerprint density at radius 1 is 1.06 bits per heavy atom. The third-order valence-corrected chi connectivity index (χ3v) is 7.73. The zero-order valence-corrected chi connectivity index (χ0v) is 21.2. The fourth-order valence-corrected chi connectivity index (χ4v) is 5.72. The van der Waals surface area contributed by atoms with Gasteiger partial charge in [0.25, 0.3) is 0 Å². The number of para-hydroxylation sites is 1. The van der Waals surface area contributed by atoms with Crippen LogP contribution in [0.25, 0.3) is 0 Å². The van der Waals surface area contributed by atoms with Crippen LogP contribution in [0.1, 0.15) is 34.2 Å². The Bertz CT molecular complexity index is 1090. The van der Waals surface area contributed by atoms with Gasteiger partial charge < -0.3 is 31.5 Å². The summed E-state index contributed by atoms with van der Waals surface area (Å²) >= 11 is 1.39. The monoisotopic (exact) mass is 541 g/mol. The molecule has 2 bridgehead atoms. The standard InChI is InChI=1S/C26H28N3O3S.BrH/c30-22(25-27-13-16-33-25)17-29-14-11-19(12-15-29)23(18-29)32-26(31)24(20-7-3-1-4-8-20)28-21-9-5-2-6-10-21;/h1-10,13,16,19,23-24,28H,11-12,14-15,17-18H2;1H/q+1;/p-1/t19?,23-,24?,29?;/m0./s1. The summed E-state index contributed by atoms with van der Waals surface area (Å²) < 4.78 is 6.86. The summed E-state index contributed by atoms with van der Waals surface area (Å²) in [5, 5.41) is 5.75. The fourth-order valence-electron chi connectivity index (χ4n) is 5.15. The number of benzene rings is 2. The van der Waals surface area contributed by atoms with Crippen LogP contribution in [0, 0.1) is 5.92 Å². The number of nitrogens with one attached hydrogen (secondary N) is 1. The number of quaternary nitrogens is 1. The quantitative estimate of drug-likeness (QED) is 0.265. The molecule has 1 N–H and O–H groups in total. The van der Waals surface area contributed by atoms with E-state index in [0.717, 1.165) is 37.2 Å². The van der Waals surface area contributed by atoms with Crippen molar-refractivity contribution in [3.63, 3.8) is 0 Å². The first kappa shape index (κ1) is 24.6. The number of esters is 1. The highest BCUT2D eigenvalue weighted by molar-refractivity contribution is 7.11. The van der Waals surface area contributed by atoms with E-state index in [2.05, 4.69) is 10.3 Å². The molecule has 2 aromatic carbocycles. The molecule has 3 aliphatic rings. The lowest BCUT2D eigenvalue weighted by Crippen LogP contribution is -3.00. The van der Waals surface area contributed by atoms with Gasteiger partial charge in [-0.15, -0.1) is 11.3 Å². The highest BCUT2D eigenvalue weighted by Crippen LogP contribution is 2.36. The van der Waals surface area contributed by atoms with Crippen molar-refractivity contribution in [2.24, 2.45) is 5.92 Å². The van der Waals surface area contributed by atoms with Crippen molar-refractivity contribution in [3.8, 4) is 0 Å². The molecule has 3 saturated heterocycles. The molecule has 6 nitrogen and oxygen atoms in total. The number of piperidine rings is 3.